The maximum Gasteiger partial charge on any atom is 0.335 e. The van der Waals surface area contributed by atoms with Gasteiger partial charge in [0.25, 0.3) is 0 Å². The lowest BCUT2D eigenvalue weighted by Crippen LogP contribution is -2.69. The van der Waals surface area contributed by atoms with Crippen molar-refractivity contribution in [2.24, 2.45) is 50.2 Å². The van der Waals surface area contributed by atoms with Crippen molar-refractivity contribution in [3.63, 3.8) is 0 Å². The molecule has 75 heavy (non-hydrogen) atoms. The van der Waals surface area contributed by atoms with E-state index in [2.05, 4.69) is 33.8 Å². The Labute approximate surface area is 436 Å². The minimum absolute atomic E-state index is 0.0796. The minimum Gasteiger partial charge on any atom is -0.479 e. The van der Waals surface area contributed by atoms with Gasteiger partial charge in [0.05, 0.1) is 44.7 Å². The number of rotatable bonds is 11. The molecule has 0 radical (unpaired) electrons. The Hall–Kier alpha value is -1.63. The quantitative estimate of drug-likeness (QED) is 0.0768. The van der Waals surface area contributed by atoms with Crippen LogP contribution < -0.4 is 0 Å². The molecule has 23 nitrogen and oxygen atoms in total. The average molecular weight is 1080 g/mol. The van der Waals surface area contributed by atoms with E-state index in [9.17, 15) is 76.3 Å². The van der Waals surface area contributed by atoms with E-state index in [0.717, 1.165) is 12.8 Å². The van der Waals surface area contributed by atoms with E-state index in [1.165, 1.54) is 5.57 Å². The topological polar surface area (TPSA) is 374 Å². The highest BCUT2D eigenvalue weighted by Crippen LogP contribution is 2.76. The van der Waals surface area contributed by atoms with E-state index in [1.54, 1.807) is 0 Å². The summed E-state index contributed by atoms with van der Waals surface area (Å²) in [5, 5.41) is 151. The van der Waals surface area contributed by atoms with Gasteiger partial charge in [-0.25, -0.2) is 4.79 Å². The summed E-state index contributed by atoms with van der Waals surface area (Å²) in [5.41, 5.74) is -2.02. The second-order valence-electron chi connectivity index (χ2n) is 25.5. The van der Waals surface area contributed by atoms with E-state index >= 15 is 0 Å². The van der Waals surface area contributed by atoms with Crippen LogP contribution in [-0.4, -0.2) is 233 Å². The maximum atomic E-state index is 12.4. The van der Waals surface area contributed by atoms with Gasteiger partial charge in [-0.15, -0.1) is 0 Å². The zero-order chi connectivity index (χ0) is 54.9. The minimum atomic E-state index is -2.03. The molecule has 9 aliphatic rings. The molecule has 0 unspecified atom stereocenters. The highest BCUT2D eigenvalue weighted by molar-refractivity contribution is 5.73. The molecular weight excluding hydrogens is 993 g/mol. The third kappa shape index (κ3) is 9.20. The van der Waals surface area contributed by atoms with E-state index in [-0.39, 0.29) is 53.8 Å². The van der Waals surface area contributed by atoms with Crippen molar-refractivity contribution in [2.45, 2.75) is 229 Å². The first-order valence-electron chi connectivity index (χ1n) is 26.8. The summed E-state index contributed by atoms with van der Waals surface area (Å²) < 4.78 is 47.9. The Kier molecular flexibility index (Phi) is 16.0. The van der Waals surface area contributed by atoms with Crippen molar-refractivity contribution in [3.8, 4) is 0 Å². The molecule has 0 aromatic rings. The molecule has 0 amide bonds. The first-order valence-corrected chi connectivity index (χ1v) is 26.8. The summed E-state index contributed by atoms with van der Waals surface area (Å²) in [6, 6.07) is 0. The summed E-state index contributed by atoms with van der Waals surface area (Å²) in [6.45, 7) is 13.3. The fourth-order valence-corrected chi connectivity index (χ4v) is 16.2. The lowest BCUT2D eigenvalue weighted by Gasteiger charge is -2.72. The monoisotopic (exact) mass is 1080 g/mol. The molecule has 4 saturated carbocycles. The van der Waals surface area contributed by atoms with Gasteiger partial charge in [-0.3, -0.25) is 0 Å². The molecule has 0 spiro atoms. The van der Waals surface area contributed by atoms with Crippen LogP contribution in [0.15, 0.2) is 11.6 Å². The molecule has 29 atom stereocenters. The molecule has 8 fully saturated rings. The maximum absolute atomic E-state index is 12.4. The number of aliphatic hydroxyl groups excluding tert-OH is 13. The molecule has 4 saturated heterocycles. The molecule has 430 valence electrons. The third-order valence-electron chi connectivity index (χ3n) is 21.1. The molecule has 5 aliphatic carbocycles. The van der Waals surface area contributed by atoms with E-state index < -0.39 is 158 Å². The highest BCUT2D eigenvalue weighted by Gasteiger charge is 2.71. The van der Waals surface area contributed by atoms with Gasteiger partial charge >= 0.3 is 5.97 Å². The van der Waals surface area contributed by atoms with Crippen molar-refractivity contribution in [1.82, 2.24) is 0 Å². The lowest BCUT2D eigenvalue weighted by molar-refractivity contribution is -0.375. The van der Waals surface area contributed by atoms with Crippen molar-refractivity contribution in [1.29, 1.82) is 0 Å². The van der Waals surface area contributed by atoms with Crippen LogP contribution in [-0.2, 0) is 42.7 Å². The predicted molar refractivity (Wildman–Crippen MR) is 254 cm³/mol. The Morgan fingerprint density at radius 3 is 1.91 bits per heavy atom. The number of hydrogen-bond acceptors (Lipinski definition) is 22. The van der Waals surface area contributed by atoms with Crippen LogP contribution in [0, 0.1) is 50.2 Å². The van der Waals surface area contributed by atoms with Gasteiger partial charge in [-0.1, -0.05) is 60.1 Å². The van der Waals surface area contributed by atoms with Gasteiger partial charge in [-0.2, -0.15) is 0 Å². The summed E-state index contributed by atoms with van der Waals surface area (Å²) in [6.07, 6.45) is -25.1. The van der Waals surface area contributed by atoms with Crippen molar-refractivity contribution in [3.05, 3.63) is 11.6 Å². The van der Waals surface area contributed by atoms with E-state index in [0.29, 0.717) is 38.5 Å². The van der Waals surface area contributed by atoms with Gasteiger partial charge in [0.1, 0.15) is 79.4 Å². The second kappa shape index (κ2) is 20.7. The number of allylic oxidation sites excluding steroid dienone is 2. The Balaban J connectivity index is 0.958. The molecule has 0 bridgehead atoms. The first-order chi connectivity index (χ1) is 35.0. The van der Waals surface area contributed by atoms with Gasteiger partial charge < -0.3 is 109 Å². The molecule has 4 aliphatic heterocycles. The van der Waals surface area contributed by atoms with Crippen LogP contribution in [0.5, 0.6) is 0 Å². The van der Waals surface area contributed by atoms with Crippen LogP contribution in [0.4, 0.5) is 0 Å². The molecular formula is C52H84O23. The summed E-state index contributed by atoms with van der Waals surface area (Å²) in [4.78, 5) is 12.4. The number of hydrogen-bond donors (Lipinski definition) is 14. The number of ether oxygens (including phenoxy) is 8. The van der Waals surface area contributed by atoms with Crippen LogP contribution >= 0.6 is 0 Å². The Bertz CT molecular complexity index is 2080. The van der Waals surface area contributed by atoms with Crippen molar-refractivity contribution >= 4 is 5.97 Å². The third-order valence-corrected chi connectivity index (χ3v) is 21.1. The largest absolute Gasteiger partial charge is 0.479 e. The fourth-order valence-electron chi connectivity index (χ4n) is 16.2. The van der Waals surface area contributed by atoms with Crippen molar-refractivity contribution < 1.29 is 114 Å². The number of fused-ring (bicyclic) bond motifs is 7. The average Bonchev–Trinajstić information content (AvgIpc) is 3.38. The molecule has 14 N–H and O–H groups in total. The van der Waals surface area contributed by atoms with Crippen LogP contribution in [0.1, 0.15) is 99.8 Å². The number of aliphatic carboxylic acids is 1. The lowest BCUT2D eigenvalue weighted by atomic mass is 9.33. The summed E-state index contributed by atoms with van der Waals surface area (Å²) >= 11 is 0. The fraction of sp³-hybridized carbons (Fsp3) is 0.942. The summed E-state index contributed by atoms with van der Waals surface area (Å²) in [5.74, 6) is -1.72. The molecule has 0 aromatic carbocycles. The van der Waals surface area contributed by atoms with Crippen LogP contribution in [0.25, 0.3) is 0 Å². The zero-order valence-corrected chi connectivity index (χ0v) is 43.9. The SMILES string of the molecule is CC1(C)C[C@H]2C3=CC[C@@H]4[C@@]5(C)CC[C@@H](O[C@@H]6O[C@H](C(=O)O)[C@H](O)[C@@H](O)[C@@H]6O[C@H]6O[C@H](CO)[C@@H](O)[C@@H](O)[C@@H]6O)[C@@](C)(CO)[C@H]5CC[C@]4(C)[C@@]3(C)CC[C@]2(C)[C@H](O[C@H]2OC[C@@H](O)[C@H](O[C@@H]3OC[C@H](O)[C@H](O)[C@H]3O)[C@@H]2O)[C@H]1O. The van der Waals surface area contributed by atoms with Gasteiger partial charge in [0.2, 0.25) is 0 Å². The van der Waals surface area contributed by atoms with Crippen LogP contribution in [0.2, 0.25) is 0 Å². The highest BCUT2D eigenvalue weighted by atomic mass is 16.8. The van der Waals surface area contributed by atoms with Gasteiger partial charge in [0.15, 0.2) is 31.3 Å². The van der Waals surface area contributed by atoms with Crippen molar-refractivity contribution in [2.75, 3.05) is 26.4 Å². The number of aliphatic hydroxyl groups is 13. The smallest absolute Gasteiger partial charge is 0.335 e. The standard InChI is InChI=1S/C52H84O23/c1-47(2)16-22-21-8-9-27-49(4)12-11-28(71-46-39(33(61)32(60)38(73-46)42(66)67)74-45-35(63)31(59)30(58)25(17-53)70-45)50(5,20-54)26(49)10-13-52(27,7)51(21,6)15-14-48(22,3)41(40(47)65)75-44-36(64)37(24(56)19-69-44)72-43-34(62)29(57)23(55)18-68-43/h8,22-41,43-46,53-65H,9-20H2,1-7H3,(H,66,67)/t22-,23-,24+,25+,26-,27+,28+,29-,30+,31+,32+,33+,34+,35-,36-,37-,38-,39-,40+,41+,43-,44+,45+,46+,48-,49-,50-,51-,52-/m0/s1. The van der Waals surface area contributed by atoms with Crippen LogP contribution in [0.3, 0.4) is 0 Å². The Morgan fingerprint density at radius 2 is 1.25 bits per heavy atom. The normalized spacial score (nSPS) is 55.9. The first kappa shape index (κ1) is 58.0. The molecule has 9 rings (SSSR count). The van der Waals surface area contributed by atoms with Gasteiger partial charge in [0, 0.05) is 10.8 Å². The van der Waals surface area contributed by atoms with Gasteiger partial charge in [-0.05, 0) is 90.8 Å². The molecule has 23 heteroatoms. The number of carboxylic acids is 1. The molecule has 4 heterocycles. The predicted octanol–water partition coefficient (Wildman–Crippen LogP) is -2.25. The van der Waals surface area contributed by atoms with E-state index in [1.807, 2.05) is 20.8 Å². The number of carbonyl (C=O) groups is 1. The molecule has 0 aromatic heterocycles. The van der Waals surface area contributed by atoms with E-state index in [4.69, 9.17) is 37.9 Å². The second-order valence-corrected chi connectivity index (χ2v) is 25.5. The zero-order valence-electron chi connectivity index (χ0n) is 43.9. The Morgan fingerprint density at radius 1 is 0.613 bits per heavy atom. The summed E-state index contributed by atoms with van der Waals surface area (Å²) in [7, 11) is 0. The number of carboxylic acid groups (broad SMARTS) is 1.